The highest BCUT2D eigenvalue weighted by atomic mass is 32.2. The topological polar surface area (TPSA) is 66.6 Å². The summed E-state index contributed by atoms with van der Waals surface area (Å²) in [5.74, 6) is 1.40. The van der Waals surface area contributed by atoms with Crippen LogP contribution in [0.1, 0.15) is 20.3 Å². The lowest BCUT2D eigenvalue weighted by molar-refractivity contribution is 0.320. The molecule has 0 bridgehead atoms. The fourth-order valence-corrected chi connectivity index (χ4v) is 2.50. The van der Waals surface area contributed by atoms with Crippen molar-refractivity contribution in [3.8, 4) is 17.2 Å². The molecule has 0 saturated carbocycles. The molecule has 1 heterocycles. The molecule has 0 spiro atoms. The summed E-state index contributed by atoms with van der Waals surface area (Å²) in [6.07, 6.45) is 7.80. The van der Waals surface area contributed by atoms with Gasteiger partial charge >= 0.3 is 0 Å². The minimum absolute atomic E-state index is 0.113. The summed E-state index contributed by atoms with van der Waals surface area (Å²) < 4.78 is 29.5. The van der Waals surface area contributed by atoms with Crippen LogP contribution in [0.5, 0.6) is 17.2 Å². The Hall–Kier alpha value is -2.41. The number of nitrogens with two attached hydrogens (primary N) is 1. The zero-order valence-corrected chi connectivity index (χ0v) is 17.2. The lowest BCUT2D eigenvalue weighted by Gasteiger charge is -2.13. The number of fused-ring (bicyclic) bond motifs is 1. The molecule has 2 N–H and O–H groups in total. The van der Waals surface area contributed by atoms with Crippen LogP contribution in [0.15, 0.2) is 47.4 Å². The van der Waals surface area contributed by atoms with Crippen molar-refractivity contribution >= 4 is 22.7 Å². The fraction of sp³-hybridized carbons (Fsp3) is 0.350. The molecule has 1 aromatic heterocycles. The van der Waals surface area contributed by atoms with Gasteiger partial charge in [0.05, 0.1) is 19.7 Å². The van der Waals surface area contributed by atoms with E-state index < -0.39 is 0 Å². The third-order valence-electron chi connectivity index (χ3n) is 3.51. The maximum atomic E-state index is 13.3. The van der Waals surface area contributed by atoms with Crippen LogP contribution < -0.4 is 19.9 Å². The molecule has 0 saturated heterocycles. The first-order valence-corrected chi connectivity index (χ1v) is 9.67. The number of hydrogen-bond donors (Lipinski definition) is 1. The number of halogens is 1. The lowest BCUT2D eigenvalue weighted by atomic mass is 10.2. The van der Waals surface area contributed by atoms with E-state index in [1.54, 1.807) is 45.5 Å². The molecule has 0 unspecified atom stereocenters. The van der Waals surface area contributed by atoms with Crippen LogP contribution in [-0.2, 0) is 0 Å². The van der Waals surface area contributed by atoms with Crippen molar-refractivity contribution in [2.24, 2.45) is 5.73 Å². The van der Waals surface area contributed by atoms with Gasteiger partial charge in [-0.2, -0.15) is 0 Å². The number of ether oxygens (including phenoxy) is 3. The first kappa shape index (κ1) is 22.6. The van der Waals surface area contributed by atoms with Gasteiger partial charge in [0.15, 0.2) is 11.5 Å². The Morgan fingerprint density at radius 1 is 1.19 bits per heavy atom. The quantitative estimate of drug-likeness (QED) is 0.660. The number of aromatic nitrogens is 1. The molecule has 1 aromatic carbocycles. The van der Waals surface area contributed by atoms with Crippen LogP contribution >= 0.6 is 11.8 Å². The second-order valence-corrected chi connectivity index (χ2v) is 6.07. The minimum Gasteiger partial charge on any atom is -0.493 e. The van der Waals surface area contributed by atoms with Crippen molar-refractivity contribution in [2.45, 2.75) is 25.3 Å². The Morgan fingerprint density at radius 2 is 1.85 bits per heavy atom. The molecule has 0 amide bonds. The van der Waals surface area contributed by atoms with Gasteiger partial charge in [0.25, 0.3) is 0 Å². The summed E-state index contributed by atoms with van der Waals surface area (Å²) in [6, 6.07) is 5.36. The number of benzene rings is 1. The van der Waals surface area contributed by atoms with Crippen LogP contribution in [0, 0.1) is 0 Å². The normalized spacial score (nSPS) is 11.3. The van der Waals surface area contributed by atoms with Gasteiger partial charge < -0.3 is 19.9 Å². The minimum atomic E-state index is -0.323. The molecule has 0 aliphatic carbocycles. The average molecular weight is 395 g/mol. The Kier molecular flexibility index (Phi) is 10.1. The van der Waals surface area contributed by atoms with E-state index in [0.717, 1.165) is 16.8 Å². The third kappa shape index (κ3) is 6.67. The van der Waals surface area contributed by atoms with Crippen molar-refractivity contribution in [3.63, 3.8) is 0 Å². The summed E-state index contributed by atoms with van der Waals surface area (Å²) >= 11 is 1.49. The largest absolute Gasteiger partial charge is 0.493 e. The first-order chi connectivity index (χ1) is 13.0. The molecular formula is C20H27FN2O3S. The second-order valence-electron chi connectivity index (χ2n) is 5.25. The lowest BCUT2D eigenvalue weighted by Crippen LogP contribution is -2.00. The van der Waals surface area contributed by atoms with E-state index in [1.165, 1.54) is 17.8 Å². The van der Waals surface area contributed by atoms with Crippen molar-refractivity contribution in [1.82, 2.24) is 4.98 Å². The van der Waals surface area contributed by atoms with Gasteiger partial charge in [0.2, 0.25) is 0 Å². The van der Waals surface area contributed by atoms with E-state index >= 15 is 0 Å². The summed E-state index contributed by atoms with van der Waals surface area (Å²) in [4.78, 5) is 4.52. The van der Waals surface area contributed by atoms with Gasteiger partial charge in [0.1, 0.15) is 23.2 Å². The fourth-order valence-electron chi connectivity index (χ4n) is 2.09. The molecule has 27 heavy (non-hydrogen) atoms. The Morgan fingerprint density at radius 3 is 2.33 bits per heavy atom. The van der Waals surface area contributed by atoms with Crippen molar-refractivity contribution in [2.75, 3.05) is 27.1 Å². The maximum absolute atomic E-state index is 13.3. The number of pyridine rings is 1. The molecule has 2 aromatic rings. The van der Waals surface area contributed by atoms with Crippen molar-refractivity contribution in [1.29, 1.82) is 0 Å². The SMILES string of the molecule is C/C=C(/F)COc1cc(SC)nc2cc(OC)c(OC)cc12.CC/C=C/N. The van der Waals surface area contributed by atoms with Crippen LogP contribution in [-0.4, -0.2) is 32.1 Å². The predicted molar refractivity (Wildman–Crippen MR) is 111 cm³/mol. The highest BCUT2D eigenvalue weighted by Gasteiger charge is 2.13. The van der Waals surface area contributed by atoms with Crippen LogP contribution in [0.4, 0.5) is 4.39 Å². The molecule has 0 radical (unpaired) electrons. The number of nitrogens with zero attached hydrogens (tertiary/aromatic N) is 1. The second kappa shape index (κ2) is 12.1. The molecule has 0 atom stereocenters. The van der Waals surface area contributed by atoms with Gasteiger partial charge in [-0.05, 0) is 31.9 Å². The first-order valence-electron chi connectivity index (χ1n) is 8.45. The smallest absolute Gasteiger partial charge is 0.162 e. The molecule has 0 aliphatic rings. The third-order valence-corrected chi connectivity index (χ3v) is 4.14. The highest BCUT2D eigenvalue weighted by molar-refractivity contribution is 7.98. The molecular weight excluding hydrogens is 367 g/mol. The van der Waals surface area contributed by atoms with E-state index in [-0.39, 0.29) is 12.4 Å². The summed E-state index contributed by atoms with van der Waals surface area (Å²) in [7, 11) is 3.13. The molecule has 148 valence electrons. The average Bonchev–Trinajstić information content (AvgIpc) is 2.71. The Labute approximate surface area is 164 Å². The van der Waals surface area contributed by atoms with Gasteiger partial charge in [-0.25, -0.2) is 9.37 Å². The molecule has 0 aliphatic heterocycles. The summed E-state index contributed by atoms with van der Waals surface area (Å²) in [5, 5.41) is 1.54. The van der Waals surface area contributed by atoms with Gasteiger partial charge in [-0.15, -0.1) is 11.8 Å². The van der Waals surface area contributed by atoms with E-state index in [0.29, 0.717) is 22.8 Å². The Balaban J connectivity index is 0.000000646. The molecule has 7 heteroatoms. The van der Waals surface area contributed by atoms with Crippen molar-refractivity contribution in [3.05, 3.63) is 42.4 Å². The molecule has 5 nitrogen and oxygen atoms in total. The zero-order valence-electron chi connectivity index (χ0n) is 16.4. The molecule has 0 fully saturated rings. The van der Waals surface area contributed by atoms with E-state index in [1.807, 2.05) is 19.3 Å². The monoisotopic (exact) mass is 394 g/mol. The van der Waals surface area contributed by atoms with Gasteiger partial charge in [-0.1, -0.05) is 19.1 Å². The number of hydrogen-bond acceptors (Lipinski definition) is 6. The van der Waals surface area contributed by atoms with E-state index in [2.05, 4.69) is 4.98 Å². The molecule has 2 rings (SSSR count). The van der Waals surface area contributed by atoms with Gasteiger partial charge in [0, 0.05) is 17.5 Å². The van der Waals surface area contributed by atoms with E-state index in [4.69, 9.17) is 19.9 Å². The van der Waals surface area contributed by atoms with E-state index in [9.17, 15) is 4.39 Å². The van der Waals surface area contributed by atoms with Crippen LogP contribution in [0.2, 0.25) is 0 Å². The summed E-state index contributed by atoms with van der Waals surface area (Å²) in [5.41, 5.74) is 5.67. The standard InChI is InChI=1S/C16H18FNO3S.C4H9N/c1-5-10(17)9-21-13-8-16(22-4)18-12-7-15(20-3)14(19-2)6-11(12)13;1-2-3-4-5/h5-8H,9H2,1-4H3;3-4H,2,5H2,1H3/b10-5+;4-3+. The number of thioether (sulfide) groups is 1. The van der Waals surface area contributed by atoms with Crippen molar-refractivity contribution < 1.29 is 18.6 Å². The summed E-state index contributed by atoms with van der Waals surface area (Å²) in [6.45, 7) is 3.56. The van der Waals surface area contributed by atoms with Crippen LogP contribution in [0.25, 0.3) is 10.9 Å². The number of allylic oxidation sites excluding steroid dienone is 2. The van der Waals surface area contributed by atoms with Crippen LogP contribution in [0.3, 0.4) is 0 Å². The predicted octanol–water partition coefficient (Wildman–Crippen LogP) is 5.09. The Bertz CT molecular complexity index is 794. The highest BCUT2D eigenvalue weighted by Crippen LogP contribution is 2.37. The number of rotatable bonds is 7. The maximum Gasteiger partial charge on any atom is 0.162 e. The van der Waals surface area contributed by atoms with Gasteiger partial charge in [-0.3, -0.25) is 0 Å². The number of methoxy groups -OCH3 is 2. The zero-order chi connectivity index (χ0) is 20.2.